The molecular formula is C12H22N2O3S. The fourth-order valence-electron chi connectivity index (χ4n) is 2.19. The highest BCUT2D eigenvalue weighted by Gasteiger charge is 2.45. The number of hydrogen-bond acceptors (Lipinski definition) is 3. The lowest BCUT2D eigenvalue weighted by Gasteiger charge is -2.44. The zero-order valence-electron chi connectivity index (χ0n) is 11.6. The zero-order chi connectivity index (χ0) is 14.1. The maximum absolute atomic E-state index is 12.3. The van der Waals surface area contributed by atoms with Crippen LogP contribution >= 0.6 is 0 Å². The van der Waals surface area contributed by atoms with Crippen LogP contribution in [0.2, 0.25) is 0 Å². The van der Waals surface area contributed by atoms with Gasteiger partial charge in [-0.3, -0.25) is 13.8 Å². The van der Waals surface area contributed by atoms with Gasteiger partial charge in [0, 0.05) is 29.4 Å². The van der Waals surface area contributed by atoms with Gasteiger partial charge in [0.1, 0.15) is 11.6 Å². The van der Waals surface area contributed by atoms with E-state index in [4.69, 9.17) is 0 Å². The van der Waals surface area contributed by atoms with E-state index in [1.165, 1.54) is 0 Å². The van der Waals surface area contributed by atoms with E-state index >= 15 is 0 Å². The SMILES string of the molecule is CC(C)C1C(=O)NC(C)(C)C(=O)N1CCS(C)=O. The maximum Gasteiger partial charge on any atom is 0.248 e. The number of nitrogens with zero attached hydrogens (tertiary/aromatic N) is 1. The largest absolute Gasteiger partial charge is 0.340 e. The molecule has 6 heteroatoms. The number of rotatable bonds is 4. The van der Waals surface area contributed by atoms with Crippen LogP contribution in [0.3, 0.4) is 0 Å². The summed E-state index contributed by atoms with van der Waals surface area (Å²) in [4.78, 5) is 26.0. The van der Waals surface area contributed by atoms with Crippen LogP contribution in [0, 0.1) is 5.92 Å². The molecule has 0 radical (unpaired) electrons. The third kappa shape index (κ3) is 3.10. The van der Waals surface area contributed by atoms with Gasteiger partial charge in [-0.25, -0.2) is 0 Å². The molecule has 5 nitrogen and oxygen atoms in total. The normalized spacial score (nSPS) is 25.2. The zero-order valence-corrected chi connectivity index (χ0v) is 12.5. The van der Waals surface area contributed by atoms with Crippen molar-refractivity contribution in [2.75, 3.05) is 18.6 Å². The summed E-state index contributed by atoms with van der Waals surface area (Å²) in [5, 5.41) is 2.75. The number of carbonyl (C=O) groups excluding carboxylic acids is 2. The van der Waals surface area contributed by atoms with Crippen molar-refractivity contribution in [1.82, 2.24) is 10.2 Å². The van der Waals surface area contributed by atoms with Crippen LogP contribution in [0.25, 0.3) is 0 Å². The molecule has 1 N–H and O–H groups in total. The molecule has 0 aromatic rings. The molecule has 1 fully saturated rings. The molecule has 18 heavy (non-hydrogen) atoms. The Morgan fingerprint density at radius 3 is 2.39 bits per heavy atom. The van der Waals surface area contributed by atoms with Crippen LogP contribution < -0.4 is 5.32 Å². The van der Waals surface area contributed by atoms with Crippen LogP contribution in [-0.4, -0.2) is 51.1 Å². The highest BCUT2D eigenvalue weighted by molar-refractivity contribution is 7.84. The molecule has 1 saturated heterocycles. The Labute approximate surface area is 111 Å². The average molecular weight is 274 g/mol. The Morgan fingerprint density at radius 2 is 1.94 bits per heavy atom. The summed E-state index contributed by atoms with van der Waals surface area (Å²) in [7, 11) is -0.972. The van der Waals surface area contributed by atoms with Crippen LogP contribution in [0.4, 0.5) is 0 Å². The topological polar surface area (TPSA) is 66.5 Å². The number of carbonyl (C=O) groups is 2. The highest BCUT2D eigenvalue weighted by atomic mass is 32.2. The first-order valence-corrected chi connectivity index (χ1v) is 7.82. The molecule has 1 heterocycles. The highest BCUT2D eigenvalue weighted by Crippen LogP contribution is 2.22. The standard InChI is InChI=1S/C12H22N2O3S/c1-8(2)9-10(15)13-12(3,4)11(16)14(9)6-7-18(5)17/h8-9H,6-7H2,1-5H3,(H,13,15). The lowest BCUT2D eigenvalue weighted by atomic mass is 9.91. The second-order valence-corrected chi connectivity index (χ2v) is 7.13. The number of piperazine rings is 1. The molecule has 104 valence electrons. The first-order chi connectivity index (χ1) is 8.16. The first-order valence-electron chi connectivity index (χ1n) is 6.10. The average Bonchev–Trinajstić information content (AvgIpc) is 2.19. The smallest absolute Gasteiger partial charge is 0.248 e. The predicted octanol–water partition coefficient (Wildman–Crippen LogP) is 0.127. The van der Waals surface area contributed by atoms with Crippen molar-refractivity contribution in [1.29, 1.82) is 0 Å². The third-order valence-corrected chi connectivity index (χ3v) is 3.84. The van der Waals surface area contributed by atoms with Gasteiger partial charge in [0.25, 0.3) is 0 Å². The molecule has 0 saturated carbocycles. The fraction of sp³-hybridized carbons (Fsp3) is 0.833. The Balaban J connectivity index is 2.98. The molecule has 2 atom stereocenters. The van der Waals surface area contributed by atoms with E-state index in [9.17, 15) is 13.8 Å². The van der Waals surface area contributed by atoms with Gasteiger partial charge in [-0.1, -0.05) is 13.8 Å². The van der Waals surface area contributed by atoms with Crippen molar-refractivity contribution in [2.45, 2.75) is 39.3 Å². The fourth-order valence-corrected chi connectivity index (χ4v) is 2.65. The Kier molecular flexibility index (Phi) is 4.53. The summed E-state index contributed by atoms with van der Waals surface area (Å²) in [6, 6.07) is -0.464. The molecule has 0 aromatic heterocycles. The summed E-state index contributed by atoms with van der Waals surface area (Å²) in [5.74, 6) is 0.205. The van der Waals surface area contributed by atoms with Gasteiger partial charge in [-0.05, 0) is 19.8 Å². The minimum Gasteiger partial charge on any atom is -0.340 e. The van der Waals surface area contributed by atoms with Crippen molar-refractivity contribution in [2.24, 2.45) is 5.92 Å². The van der Waals surface area contributed by atoms with Crippen molar-refractivity contribution in [3.05, 3.63) is 0 Å². The minimum atomic E-state index is -0.972. The van der Waals surface area contributed by atoms with Crippen molar-refractivity contribution < 1.29 is 13.8 Å². The summed E-state index contributed by atoms with van der Waals surface area (Å²) < 4.78 is 11.2. The summed E-state index contributed by atoms with van der Waals surface area (Å²) in [6.07, 6.45) is 1.60. The molecule has 2 amide bonds. The number of nitrogens with one attached hydrogen (secondary N) is 1. The Hall–Kier alpha value is -0.910. The second-order valence-electron chi connectivity index (χ2n) is 5.58. The lowest BCUT2D eigenvalue weighted by molar-refractivity contribution is -0.154. The van der Waals surface area contributed by atoms with E-state index in [2.05, 4.69) is 5.32 Å². The quantitative estimate of drug-likeness (QED) is 0.792. The van der Waals surface area contributed by atoms with E-state index in [0.29, 0.717) is 12.3 Å². The van der Waals surface area contributed by atoms with Crippen LogP contribution in [0.1, 0.15) is 27.7 Å². The van der Waals surface area contributed by atoms with E-state index in [-0.39, 0.29) is 17.7 Å². The first kappa shape index (κ1) is 15.1. The minimum absolute atomic E-state index is 0.0374. The van der Waals surface area contributed by atoms with Crippen LogP contribution in [0.15, 0.2) is 0 Å². The molecule has 0 bridgehead atoms. The van der Waals surface area contributed by atoms with Crippen LogP contribution in [0.5, 0.6) is 0 Å². The maximum atomic E-state index is 12.3. The lowest BCUT2D eigenvalue weighted by Crippen LogP contribution is -2.69. The van der Waals surface area contributed by atoms with Crippen LogP contribution in [-0.2, 0) is 20.4 Å². The molecule has 1 aliphatic heterocycles. The number of amides is 2. The predicted molar refractivity (Wildman–Crippen MR) is 71.5 cm³/mol. The van der Waals surface area contributed by atoms with Gasteiger partial charge in [0.2, 0.25) is 11.8 Å². The van der Waals surface area contributed by atoms with Crippen molar-refractivity contribution >= 4 is 22.6 Å². The van der Waals surface area contributed by atoms with E-state index < -0.39 is 22.4 Å². The van der Waals surface area contributed by atoms with Gasteiger partial charge in [0.05, 0.1) is 0 Å². The van der Waals surface area contributed by atoms with Gasteiger partial charge < -0.3 is 10.2 Å². The molecule has 2 unspecified atom stereocenters. The molecule has 0 aliphatic carbocycles. The van der Waals surface area contributed by atoms with Gasteiger partial charge >= 0.3 is 0 Å². The van der Waals surface area contributed by atoms with E-state index in [1.807, 2.05) is 13.8 Å². The Morgan fingerprint density at radius 1 is 1.39 bits per heavy atom. The molecular weight excluding hydrogens is 252 g/mol. The van der Waals surface area contributed by atoms with Gasteiger partial charge in [0.15, 0.2) is 0 Å². The summed E-state index contributed by atoms with van der Waals surface area (Å²) in [6.45, 7) is 7.57. The van der Waals surface area contributed by atoms with Gasteiger partial charge in [-0.15, -0.1) is 0 Å². The monoisotopic (exact) mass is 274 g/mol. The summed E-state index contributed by atoms with van der Waals surface area (Å²) in [5.41, 5.74) is -0.877. The van der Waals surface area contributed by atoms with Gasteiger partial charge in [-0.2, -0.15) is 0 Å². The van der Waals surface area contributed by atoms with Crippen molar-refractivity contribution in [3.63, 3.8) is 0 Å². The number of hydrogen-bond donors (Lipinski definition) is 1. The second kappa shape index (κ2) is 5.38. The molecule has 1 aliphatic rings. The molecule has 1 rings (SSSR count). The van der Waals surface area contributed by atoms with E-state index in [0.717, 1.165) is 0 Å². The Bertz CT molecular complexity index is 380. The van der Waals surface area contributed by atoms with Crippen molar-refractivity contribution in [3.8, 4) is 0 Å². The molecule has 0 aromatic carbocycles. The van der Waals surface area contributed by atoms with E-state index in [1.54, 1.807) is 25.0 Å². The third-order valence-electron chi connectivity index (χ3n) is 3.09. The molecule has 0 spiro atoms. The summed E-state index contributed by atoms with van der Waals surface area (Å²) >= 11 is 0.